The van der Waals surface area contributed by atoms with Gasteiger partial charge in [0.1, 0.15) is 5.75 Å². The molecule has 1 N–H and O–H groups in total. The Labute approximate surface area is 116 Å². The van der Waals surface area contributed by atoms with Crippen molar-refractivity contribution in [2.24, 2.45) is 0 Å². The monoisotopic (exact) mass is 277 g/mol. The van der Waals surface area contributed by atoms with E-state index in [0.717, 1.165) is 21.0 Å². The molecule has 4 heteroatoms. The highest BCUT2D eigenvalue weighted by atomic mass is 32.1. The zero-order chi connectivity index (χ0) is 12.4. The zero-order valence-corrected chi connectivity index (χ0v) is 11.7. The fourth-order valence-electron chi connectivity index (χ4n) is 2.33. The van der Waals surface area contributed by atoms with Crippen molar-refractivity contribution in [2.75, 3.05) is 0 Å². The van der Waals surface area contributed by atoms with Crippen LogP contribution in [0.1, 0.15) is 25.7 Å². The van der Waals surface area contributed by atoms with E-state index in [4.69, 9.17) is 17.0 Å². The van der Waals surface area contributed by atoms with E-state index < -0.39 is 0 Å². The first-order valence-corrected chi connectivity index (χ1v) is 7.55. The summed E-state index contributed by atoms with van der Waals surface area (Å²) in [6.07, 6.45) is 5.41. The number of thiazole rings is 1. The molecule has 2 aromatic rings. The Bertz CT molecular complexity index is 564. The molecular formula is C14H15NOS2. The summed E-state index contributed by atoms with van der Waals surface area (Å²) in [5.41, 5.74) is 2.23. The average molecular weight is 277 g/mol. The van der Waals surface area contributed by atoms with Crippen molar-refractivity contribution in [2.45, 2.75) is 31.8 Å². The van der Waals surface area contributed by atoms with Crippen molar-refractivity contribution in [3.05, 3.63) is 33.6 Å². The second kappa shape index (κ2) is 5.24. The average Bonchev–Trinajstić information content (AvgIpc) is 3.02. The number of hydrogen-bond acceptors (Lipinski definition) is 3. The first-order valence-electron chi connectivity index (χ1n) is 6.26. The molecule has 0 radical (unpaired) electrons. The van der Waals surface area contributed by atoms with Crippen molar-refractivity contribution in [3.63, 3.8) is 0 Å². The number of nitrogens with one attached hydrogen (secondary N) is 1. The van der Waals surface area contributed by atoms with Crippen LogP contribution in [-0.2, 0) is 0 Å². The van der Waals surface area contributed by atoms with Gasteiger partial charge in [-0.05, 0) is 67.7 Å². The van der Waals surface area contributed by atoms with E-state index in [9.17, 15) is 0 Å². The Morgan fingerprint density at radius 1 is 1.17 bits per heavy atom. The summed E-state index contributed by atoms with van der Waals surface area (Å²) in [5, 5.41) is 2.05. The molecule has 3 rings (SSSR count). The second-order valence-electron chi connectivity index (χ2n) is 4.61. The van der Waals surface area contributed by atoms with Crippen LogP contribution in [0.4, 0.5) is 0 Å². The molecule has 0 spiro atoms. The highest BCUT2D eigenvalue weighted by Gasteiger charge is 2.16. The van der Waals surface area contributed by atoms with Crippen LogP contribution in [0.2, 0.25) is 0 Å². The van der Waals surface area contributed by atoms with Crippen LogP contribution in [0, 0.1) is 3.95 Å². The maximum Gasteiger partial charge on any atom is 0.158 e. The molecule has 94 valence electrons. The molecule has 1 fully saturated rings. The van der Waals surface area contributed by atoms with E-state index in [0.29, 0.717) is 6.10 Å². The molecule has 18 heavy (non-hydrogen) atoms. The second-order valence-corrected chi connectivity index (χ2v) is 6.16. The quantitative estimate of drug-likeness (QED) is 0.816. The number of hydrogen-bond donors (Lipinski definition) is 1. The number of aromatic amines is 1. The van der Waals surface area contributed by atoms with Crippen molar-refractivity contribution in [1.29, 1.82) is 0 Å². The van der Waals surface area contributed by atoms with Gasteiger partial charge in [0.2, 0.25) is 0 Å². The third kappa shape index (κ3) is 2.65. The van der Waals surface area contributed by atoms with Crippen molar-refractivity contribution < 1.29 is 4.74 Å². The lowest BCUT2D eigenvalue weighted by molar-refractivity contribution is 0.210. The van der Waals surface area contributed by atoms with E-state index >= 15 is 0 Å². The first-order chi connectivity index (χ1) is 8.81. The normalized spacial score (nSPS) is 16.0. The van der Waals surface area contributed by atoms with E-state index in [2.05, 4.69) is 22.5 Å². The molecule has 1 aromatic carbocycles. The van der Waals surface area contributed by atoms with Crippen molar-refractivity contribution >= 4 is 23.6 Å². The largest absolute Gasteiger partial charge is 0.490 e. The SMILES string of the molecule is S=c1[nH]c(-c2ccc(OC3CCCC3)cc2)cs1. The van der Waals surface area contributed by atoms with E-state index in [1.165, 1.54) is 25.7 Å². The Morgan fingerprint density at radius 2 is 1.89 bits per heavy atom. The molecule has 1 aromatic heterocycles. The van der Waals surface area contributed by atoms with Crippen molar-refractivity contribution in [3.8, 4) is 17.0 Å². The predicted molar refractivity (Wildman–Crippen MR) is 77.8 cm³/mol. The highest BCUT2D eigenvalue weighted by Crippen LogP contribution is 2.26. The first kappa shape index (κ1) is 11.9. The van der Waals surface area contributed by atoms with Crippen molar-refractivity contribution in [1.82, 2.24) is 4.98 Å². The van der Waals surface area contributed by atoms with Crippen LogP contribution in [0.25, 0.3) is 11.3 Å². The van der Waals surface area contributed by atoms with Crippen LogP contribution >= 0.6 is 23.6 Å². The van der Waals surface area contributed by atoms with Gasteiger partial charge in [0, 0.05) is 5.38 Å². The highest BCUT2D eigenvalue weighted by molar-refractivity contribution is 7.73. The summed E-state index contributed by atoms with van der Waals surface area (Å²) < 4.78 is 6.76. The van der Waals surface area contributed by atoms with Gasteiger partial charge in [-0.25, -0.2) is 0 Å². The van der Waals surface area contributed by atoms with Crippen LogP contribution in [-0.4, -0.2) is 11.1 Å². The third-order valence-corrected chi connectivity index (χ3v) is 4.35. The van der Waals surface area contributed by atoms with E-state index in [-0.39, 0.29) is 0 Å². The van der Waals surface area contributed by atoms with Gasteiger partial charge in [0.15, 0.2) is 3.95 Å². The molecule has 1 aliphatic carbocycles. The third-order valence-electron chi connectivity index (χ3n) is 3.29. The Morgan fingerprint density at radius 3 is 2.50 bits per heavy atom. The van der Waals surface area contributed by atoms with Gasteiger partial charge in [0.25, 0.3) is 0 Å². The summed E-state index contributed by atoms with van der Waals surface area (Å²) in [7, 11) is 0. The summed E-state index contributed by atoms with van der Waals surface area (Å²) in [5.74, 6) is 0.972. The minimum Gasteiger partial charge on any atom is -0.490 e. The van der Waals surface area contributed by atoms with Gasteiger partial charge in [-0.1, -0.05) is 0 Å². The smallest absolute Gasteiger partial charge is 0.158 e. The molecule has 0 aliphatic heterocycles. The number of benzene rings is 1. The van der Waals surface area contributed by atoms with Gasteiger partial charge >= 0.3 is 0 Å². The van der Waals surface area contributed by atoms with E-state index in [1.54, 1.807) is 11.3 Å². The lowest BCUT2D eigenvalue weighted by Crippen LogP contribution is -2.10. The van der Waals surface area contributed by atoms with Crippen LogP contribution in [0.3, 0.4) is 0 Å². The van der Waals surface area contributed by atoms with Gasteiger partial charge in [-0.3, -0.25) is 0 Å². The molecule has 1 heterocycles. The fourth-order valence-corrected chi connectivity index (χ4v) is 3.18. The number of aromatic nitrogens is 1. The summed E-state index contributed by atoms with van der Waals surface area (Å²) in [6.45, 7) is 0. The Balaban J connectivity index is 1.74. The van der Waals surface area contributed by atoms with Gasteiger partial charge in [-0.15, -0.1) is 11.3 Å². The van der Waals surface area contributed by atoms with E-state index in [1.807, 2.05) is 12.1 Å². The number of ether oxygens (including phenoxy) is 1. The molecule has 2 nitrogen and oxygen atoms in total. The molecule has 1 aliphatic rings. The maximum atomic E-state index is 5.94. The molecular weight excluding hydrogens is 262 g/mol. The fraction of sp³-hybridized carbons (Fsp3) is 0.357. The maximum absolute atomic E-state index is 5.94. The number of rotatable bonds is 3. The lowest BCUT2D eigenvalue weighted by Gasteiger charge is -2.13. The molecule has 0 unspecified atom stereocenters. The standard InChI is InChI=1S/C14H15NOS2/c17-14-15-13(9-18-14)10-5-7-12(8-6-10)16-11-3-1-2-4-11/h5-9,11H,1-4H2,(H,15,17). The topological polar surface area (TPSA) is 25.0 Å². The molecule has 0 atom stereocenters. The van der Waals surface area contributed by atoms with Gasteiger partial charge in [0.05, 0.1) is 11.8 Å². The van der Waals surface area contributed by atoms with Crippen LogP contribution < -0.4 is 4.74 Å². The van der Waals surface area contributed by atoms with Crippen LogP contribution in [0.15, 0.2) is 29.6 Å². The molecule has 0 bridgehead atoms. The molecule has 1 saturated carbocycles. The minimum absolute atomic E-state index is 0.419. The summed E-state index contributed by atoms with van der Waals surface area (Å²) in [4.78, 5) is 3.18. The lowest BCUT2D eigenvalue weighted by atomic mass is 10.2. The molecule has 0 amide bonds. The van der Waals surface area contributed by atoms with Gasteiger partial charge < -0.3 is 9.72 Å². The minimum atomic E-state index is 0.419. The Kier molecular flexibility index (Phi) is 3.48. The van der Waals surface area contributed by atoms with Gasteiger partial charge in [-0.2, -0.15) is 0 Å². The number of H-pyrrole nitrogens is 1. The summed E-state index contributed by atoms with van der Waals surface area (Å²) >= 11 is 6.65. The molecule has 0 saturated heterocycles. The Hall–Kier alpha value is -1.13. The zero-order valence-electron chi connectivity index (χ0n) is 10.0. The predicted octanol–water partition coefficient (Wildman–Crippen LogP) is 4.79. The summed E-state index contributed by atoms with van der Waals surface area (Å²) in [6, 6.07) is 8.25. The van der Waals surface area contributed by atoms with Crippen LogP contribution in [0.5, 0.6) is 5.75 Å².